The van der Waals surface area contributed by atoms with Crippen LogP contribution in [0.15, 0.2) is 0 Å². The maximum Gasteiger partial charge on any atom is 0.279 e. The molecule has 0 radical (unpaired) electrons. The lowest BCUT2D eigenvalue weighted by Crippen LogP contribution is -2.50. The molecule has 19 heavy (non-hydrogen) atoms. The van der Waals surface area contributed by atoms with Crippen LogP contribution in [-0.4, -0.2) is 58.2 Å². The van der Waals surface area contributed by atoms with Gasteiger partial charge in [0, 0.05) is 32.7 Å². The number of rotatable bonds is 6. The van der Waals surface area contributed by atoms with Crippen LogP contribution < -0.4 is 10.0 Å². The van der Waals surface area contributed by atoms with Crippen molar-refractivity contribution in [2.75, 3.05) is 39.3 Å². The van der Waals surface area contributed by atoms with Crippen molar-refractivity contribution in [2.45, 2.75) is 38.2 Å². The van der Waals surface area contributed by atoms with Crippen molar-refractivity contribution in [1.29, 1.82) is 0 Å². The van der Waals surface area contributed by atoms with Gasteiger partial charge in [-0.3, -0.25) is 0 Å². The van der Waals surface area contributed by atoms with E-state index in [1.54, 1.807) is 0 Å². The molecule has 0 aromatic carbocycles. The van der Waals surface area contributed by atoms with Crippen LogP contribution in [0.2, 0.25) is 0 Å². The summed E-state index contributed by atoms with van der Waals surface area (Å²) in [5.74, 6) is 0. The molecule has 0 atom stereocenters. The maximum absolute atomic E-state index is 12.0. The molecule has 2 aliphatic rings. The first-order valence-electron chi connectivity index (χ1n) is 7.25. The Morgan fingerprint density at radius 2 is 1.84 bits per heavy atom. The lowest BCUT2D eigenvalue weighted by Gasteiger charge is -2.27. The molecule has 1 saturated heterocycles. The van der Waals surface area contributed by atoms with E-state index in [0.29, 0.717) is 32.3 Å². The highest BCUT2D eigenvalue weighted by Gasteiger charge is 2.23. The highest BCUT2D eigenvalue weighted by molar-refractivity contribution is 7.87. The van der Waals surface area contributed by atoms with E-state index in [9.17, 15) is 8.42 Å². The van der Waals surface area contributed by atoms with E-state index in [1.807, 2.05) is 0 Å². The predicted molar refractivity (Wildman–Crippen MR) is 74.2 cm³/mol. The van der Waals surface area contributed by atoms with Gasteiger partial charge in [-0.1, -0.05) is 19.3 Å². The predicted octanol–water partition coefficient (Wildman–Crippen LogP) is 0.0753. The van der Waals surface area contributed by atoms with E-state index < -0.39 is 10.2 Å². The first-order valence-corrected chi connectivity index (χ1v) is 8.69. The zero-order valence-electron chi connectivity index (χ0n) is 11.4. The van der Waals surface area contributed by atoms with E-state index in [4.69, 9.17) is 4.74 Å². The second kappa shape index (κ2) is 7.54. The Balaban J connectivity index is 1.63. The molecule has 0 aromatic heterocycles. The largest absolute Gasteiger partial charge is 0.377 e. The third kappa shape index (κ3) is 5.00. The molecule has 0 spiro atoms. The molecule has 0 aromatic rings. The summed E-state index contributed by atoms with van der Waals surface area (Å²) in [7, 11) is -3.32. The molecule has 6 nitrogen and oxygen atoms in total. The fraction of sp³-hybridized carbons (Fsp3) is 1.00. The first kappa shape index (κ1) is 15.2. The first-order chi connectivity index (χ1) is 9.18. The van der Waals surface area contributed by atoms with E-state index in [1.165, 1.54) is 23.6 Å². The van der Waals surface area contributed by atoms with Gasteiger partial charge in [0.15, 0.2) is 0 Å². The second-order valence-corrected chi connectivity index (χ2v) is 6.93. The Morgan fingerprint density at radius 3 is 2.53 bits per heavy atom. The third-order valence-electron chi connectivity index (χ3n) is 3.71. The molecular weight excluding hydrogens is 266 g/mol. The quantitative estimate of drug-likeness (QED) is 0.680. The van der Waals surface area contributed by atoms with Crippen LogP contribution in [0.4, 0.5) is 0 Å². The molecule has 7 heteroatoms. The lowest BCUT2D eigenvalue weighted by atomic mass is 9.98. The summed E-state index contributed by atoms with van der Waals surface area (Å²) < 4.78 is 33.7. The van der Waals surface area contributed by atoms with Crippen LogP contribution in [-0.2, 0) is 14.9 Å². The summed E-state index contributed by atoms with van der Waals surface area (Å²) in [6.45, 7) is 3.36. The van der Waals surface area contributed by atoms with Gasteiger partial charge in [-0.2, -0.15) is 17.4 Å². The van der Waals surface area contributed by atoms with Crippen LogP contribution >= 0.6 is 0 Å². The lowest BCUT2D eigenvalue weighted by molar-refractivity contribution is 0.0319. The van der Waals surface area contributed by atoms with Crippen LogP contribution in [0.3, 0.4) is 0 Å². The SMILES string of the molecule is O=S(=O)(NCCOC1CCCCC1)N1CCNCC1. The van der Waals surface area contributed by atoms with Crippen LogP contribution in [0, 0.1) is 0 Å². The summed E-state index contributed by atoms with van der Waals surface area (Å²) in [6, 6.07) is 0. The number of hydrogen-bond donors (Lipinski definition) is 2. The molecule has 0 unspecified atom stereocenters. The van der Waals surface area contributed by atoms with Gasteiger partial charge in [0.2, 0.25) is 0 Å². The molecular formula is C12H25N3O3S. The van der Waals surface area contributed by atoms with Crippen molar-refractivity contribution < 1.29 is 13.2 Å². The van der Waals surface area contributed by atoms with E-state index in [2.05, 4.69) is 10.0 Å². The normalized spacial score (nSPS) is 23.6. The van der Waals surface area contributed by atoms with Gasteiger partial charge in [0.25, 0.3) is 10.2 Å². The van der Waals surface area contributed by atoms with Crippen molar-refractivity contribution in [3.8, 4) is 0 Å². The van der Waals surface area contributed by atoms with Crippen molar-refractivity contribution in [3.05, 3.63) is 0 Å². The minimum absolute atomic E-state index is 0.331. The Hall–Kier alpha value is -0.210. The zero-order valence-corrected chi connectivity index (χ0v) is 12.3. The molecule has 0 amide bonds. The summed E-state index contributed by atoms with van der Waals surface area (Å²) in [5.41, 5.74) is 0. The zero-order chi connectivity index (χ0) is 13.6. The average molecular weight is 291 g/mol. The van der Waals surface area contributed by atoms with Crippen molar-refractivity contribution in [2.24, 2.45) is 0 Å². The van der Waals surface area contributed by atoms with Crippen molar-refractivity contribution in [3.63, 3.8) is 0 Å². The topological polar surface area (TPSA) is 70.7 Å². The van der Waals surface area contributed by atoms with E-state index in [0.717, 1.165) is 25.9 Å². The number of nitrogens with one attached hydrogen (secondary N) is 2. The molecule has 0 bridgehead atoms. The molecule has 1 heterocycles. The summed E-state index contributed by atoms with van der Waals surface area (Å²) in [5, 5.41) is 3.14. The van der Waals surface area contributed by atoms with Crippen molar-refractivity contribution >= 4 is 10.2 Å². The number of hydrogen-bond acceptors (Lipinski definition) is 4. The second-order valence-electron chi connectivity index (χ2n) is 5.18. The highest BCUT2D eigenvalue weighted by atomic mass is 32.2. The van der Waals surface area contributed by atoms with Gasteiger partial charge >= 0.3 is 0 Å². The van der Waals surface area contributed by atoms with E-state index >= 15 is 0 Å². The molecule has 2 N–H and O–H groups in total. The van der Waals surface area contributed by atoms with Gasteiger partial charge in [0.1, 0.15) is 0 Å². The van der Waals surface area contributed by atoms with Crippen LogP contribution in [0.25, 0.3) is 0 Å². The summed E-state index contributed by atoms with van der Waals surface area (Å²) in [6.07, 6.45) is 6.33. The van der Waals surface area contributed by atoms with E-state index in [-0.39, 0.29) is 0 Å². The summed E-state index contributed by atoms with van der Waals surface area (Å²) in [4.78, 5) is 0. The minimum atomic E-state index is -3.32. The number of ether oxygens (including phenoxy) is 1. The monoisotopic (exact) mass is 291 g/mol. The van der Waals surface area contributed by atoms with Gasteiger partial charge in [-0.05, 0) is 12.8 Å². The maximum atomic E-state index is 12.0. The molecule has 2 rings (SSSR count). The summed E-state index contributed by atoms with van der Waals surface area (Å²) >= 11 is 0. The fourth-order valence-electron chi connectivity index (χ4n) is 2.60. The van der Waals surface area contributed by atoms with Gasteiger partial charge < -0.3 is 10.1 Å². The van der Waals surface area contributed by atoms with Gasteiger partial charge in [0.05, 0.1) is 12.7 Å². The standard InChI is InChI=1S/C12H25N3O3S/c16-19(17,15-9-6-13-7-10-15)14-8-11-18-12-4-2-1-3-5-12/h12-14H,1-11H2. The molecule has 1 aliphatic heterocycles. The van der Waals surface area contributed by atoms with Gasteiger partial charge in [-0.25, -0.2) is 0 Å². The van der Waals surface area contributed by atoms with Gasteiger partial charge in [-0.15, -0.1) is 0 Å². The Morgan fingerprint density at radius 1 is 1.16 bits per heavy atom. The third-order valence-corrected chi connectivity index (χ3v) is 5.32. The highest BCUT2D eigenvalue weighted by Crippen LogP contribution is 2.19. The number of piperazine rings is 1. The van der Waals surface area contributed by atoms with Crippen LogP contribution in [0.5, 0.6) is 0 Å². The number of nitrogens with zero attached hydrogens (tertiary/aromatic N) is 1. The molecule has 112 valence electrons. The Bertz CT molecular complexity index is 349. The molecule has 2 fully saturated rings. The fourth-order valence-corrected chi connectivity index (χ4v) is 3.79. The van der Waals surface area contributed by atoms with Crippen LogP contribution in [0.1, 0.15) is 32.1 Å². The van der Waals surface area contributed by atoms with Crippen molar-refractivity contribution in [1.82, 2.24) is 14.3 Å². The average Bonchev–Trinajstić information content (AvgIpc) is 2.46. The Labute approximate surface area is 116 Å². The minimum Gasteiger partial charge on any atom is -0.377 e. The smallest absolute Gasteiger partial charge is 0.279 e. The molecule has 1 aliphatic carbocycles. The molecule has 1 saturated carbocycles. The Kier molecular flexibility index (Phi) is 6.03.